The van der Waals surface area contributed by atoms with Gasteiger partial charge in [-0.25, -0.2) is 0 Å². The van der Waals surface area contributed by atoms with Crippen LogP contribution in [-0.2, 0) is 32.3 Å². The number of nitrogens with zero attached hydrogens (tertiary/aromatic N) is 1. The maximum atomic E-state index is 11.1. The molecule has 102 valence electrons. The molecule has 0 spiro atoms. The molecule has 0 aliphatic carbocycles. The lowest BCUT2D eigenvalue weighted by Gasteiger charge is -2.08. The molecule has 0 N–H and O–H groups in total. The van der Waals surface area contributed by atoms with Crippen molar-refractivity contribution in [3.8, 4) is 0 Å². The van der Waals surface area contributed by atoms with Crippen molar-refractivity contribution in [1.29, 1.82) is 0 Å². The molecule has 0 heterocycles. The van der Waals surface area contributed by atoms with Crippen molar-refractivity contribution in [2.45, 2.75) is 27.1 Å². The molecule has 0 bridgehead atoms. The molecule has 0 saturated carbocycles. The van der Waals surface area contributed by atoms with Crippen LogP contribution in [-0.4, -0.2) is 16.9 Å². The van der Waals surface area contributed by atoms with Gasteiger partial charge >= 0.3 is 11.9 Å². The van der Waals surface area contributed by atoms with Gasteiger partial charge in [0.15, 0.2) is 0 Å². The monoisotopic (exact) mass is 267 g/mol. The molecular formula is C12H13NO6. The fraction of sp³-hybridized carbons (Fsp3) is 0.333. The van der Waals surface area contributed by atoms with Crippen LogP contribution in [0, 0.1) is 10.1 Å². The quantitative estimate of drug-likeness (QED) is 0.458. The first-order valence-corrected chi connectivity index (χ1v) is 5.43. The summed E-state index contributed by atoms with van der Waals surface area (Å²) in [5.41, 5.74) is 0.305. The molecule has 1 aromatic rings. The van der Waals surface area contributed by atoms with Crippen molar-refractivity contribution in [2.75, 3.05) is 0 Å². The fourth-order valence-corrected chi connectivity index (χ4v) is 1.47. The van der Waals surface area contributed by atoms with E-state index >= 15 is 0 Å². The van der Waals surface area contributed by atoms with E-state index in [0.29, 0.717) is 0 Å². The Kier molecular flexibility index (Phi) is 4.99. The number of rotatable bonds is 5. The lowest BCUT2D eigenvalue weighted by atomic mass is 10.1. The molecule has 0 fully saturated rings. The van der Waals surface area contributed by atoms with Gasteiger partial charge in [0.2, 0.25) is 0 Å². The van der Waals surface area contributed by atoms with E-state index in [1.54, 1.807) is 6.07 Å². The lowest BCUT2D eigenvalue weighted by Crippen LogP contribution is -2.07. The van der Waals surface area contributed by atoms with E-state index in [1.165, 1.54) is 26.0 Å². The van der Waals surface area contributed by atoms with Crippen LogP contribution in [0.2, 0.25) is 0 Å². The first kappa shape index (κ1) is 14.6. The van der Waals surface area contributed by atoms with Crippen molar-refractivity contribution in [3.05, 3.63) is 39.4 Å². The summed E-state index contributed by atoms with van der Waals surface area (Å²) in [6.07, 6.45) is 0. The van der Waals surface area contributed by atoms with Gasteiger partial charge in [0, 0.05) is 13.8 Å². The third-order valence-corrected chi connectivity index (χ3v) is 2.25. The molecule has 0 unspecified atom stereocenters. The van der Waals surface area contributed by atoms with Gasteiger partial charge in [0.05, 0.1) is 16.1 Å². The minimum Gasteiger partial charge on any atom is -0.461 e. The van der Waals surface area contributed by atoms with Crippen molar-refractivity contribution in [1.82, 2.24) is 0 Å². The Balaban J connectivity index is 3.03. The van der Waals surface area contributed by atoms with Crippen molar-refractivity contribution >= 4 is 17.6 Å². The number of carbonyl (C=O) groups is 2. The summed E-state index contributed by atoms with van der Waals surface area (Å²) in [4.78, 5) is 31.9. The Bertz CT molecular complexity index is 475. The van der Waals surface area contributed by atoms with Crippen LogP contribution >= 0.6 is 0 Å². The van der Waals surface area contributed by atoms with E-state index in [-0.39, 0.29) is 30.0 Å². The highest BCUT2D eigenvalue weighted by Gasteiger charge is 2.20. The number of carbonyl (C=O) groups excluding carboxylic acids is 2. The number of nitro groups is 1. The van der Waals surface area contributed by atoms with E-state index in [2.05, 4.69) is 0 Å². The van der Waals surface area contributed by atoms with E-state index in [4.69, 9.17) is 9.47 Å². The average Bonchev–Trinajstić information content (AvgIpc) is 2.33. The van der Waals surface area contributed by atoms with Crippen LogP contribution in [0.25, 0.3) is 0 Å². The number of hydrogen-bond donors (Lipinski definition) is 0. The minimum atomic E-state index is -0.586. The zero-order valence-corrected chi connectivity index (χ0v) is 10.5. The highest BCUT2D eigenvalue weighted by molar-refractivity contribution is 5.66. The molecule has 0 atom stereocenters. The molecule has 7 heteroatoms. The number of para-hydroxylation sites is 1. The summed E-state index contributed by atoms with van der Waals surface area (Å²) < 4.78 is 9.50. The molecule has 0 amide bonds. The molecule has 0 aliphatic rings. The largest absolute Gasteiger partial charge is 0.461 e. The normalized spacial score (nSPS) is 9.79. The maximum absolute atomic E-state index is 11.1. The van der Waals surface area contributed by atoms with Gasteiger partial charge in [-0.2, -0.15) is 0 Å². The predicted octanol–water partition coefficient (Wildman–Crippen LogP) is 1.72. The van der Waals surface area contributed by atoms with E-state index < -0.39 is 16.9 Å². The molecule has 19 heavy (non-hydrogen) atoms. The highest BCUT2D eigenvalue weighted by Crippen LogP contribution is 2.25. The molecular weight excluding hydrogens is 254 g/mol. The van der Waals surface area contributed by atoms with Crippen LogP contribution in [0.1, 0.15) is 25.0 Å². The number of esters is 2. The third kappa shape index (κ3) is 4.38. The van der Waals surface area contributed by atoms with Gasteiger partial charge in [-0.05, 0) is 12.1 Å². The number of hydrogen-bond acceptors (Lipinski definition) is 6. The lowest BCUT2D eigenvalue weighted by molar-refractivity contribution is -0.386. The third-order valence-electron chi connectivity index (χ3n) is 2.25. The molecule has 0 aromatic heterocycles. The van der Waals surface area contributed by atoms with E-state index in [9.17, 15) is 19.7 Å². The standard InChI is InChI=1S/C12H13NO6/c1-8(14)18-6-10-4-3-5-11(7-19-9(2)15)12(10)13(16)17/h3-5H,6-7H2,1-2H3. The smallest absolute Gasteiger partial charge is 0.302 e. The first-order valence-electron chi connectivity index (χ1n) is 5.43. The topological polar surface area (TPSA) is 95.7 Å². The van der Waals surface area contributed by atoms with Gasteiger partial charge in [0.1, 0.15) is 13.2 Å². The summed E-state index contributed by atoms with van der Waals surface area (Å²) in [6.45, 7) is 2.04. The second-order valence-corrected chi connectivity index (χ2v) is 3.74. The van der Waals surface area contributed by atoms with Crippen LogP contribution in [0.3, 0.4) is 0 Å². The molecule has 0 radical (unpaired) electrons. The minimum absolute atomic E-state index is 0.195. The molecule has 7 nitrogen and oxygen atoms in total. The first-order chi connectivity index (χ1) is 8.91. The SMILES string of the molecule is CC(=O)OCc1cccc(COC(C)=O)c1[N+](=O)[O-]. The molecule has 0 saturated heterocycles. The Hall–Kier alpha value is -2.44. The van der Waals surface area contributed by atoms with E-state index in [0.717, 1.165) is 0 Å². The molecule has 1 aromatic carbocycles. The van der Waals surface area contributed by atoms with Crippen molar-refractivity contribution < 1.29 is 24.0 Å². The van der Waals surface area contributed by atoms with Crippen molar-refractivity contribution in [3.63, 3.8) is 0 Å². The van der Waals surface area contributed by atoms with Crippen LogP contribution in [0.5, 0.6) is 0 Å². The second kappa shape index (κ2) is 6.48. The number of benzene rings is 1. The van der Waals surface area contributed by atoms with Crippen LogP contribution in [0.4, 0.5) is 5.69 Å². The van der Waals surface area contributed by atoms with Crippen LogP contribution in [0.15, 0.2) is 18.2 Å². The number of nitro benzene ring substituents is 1. The predicted molar refractivity (Wildman–Crippen MR) is 64.0 cm³/mol. The Labute approximate surface area is 109 Å². The summed E-state index contributed by atoms with van der Waals surface area (Å²) in [5.74, 6) is -1.06. The van der Waals surface area contributed by atoms with E-state index in [1.807, 2.05) is 0 Å². The highest BCUT2D eigenvalue weighted by atomic mass is 16.6. The van der Waals surface area contributed by atoms with Crippen molar-refractivity contribution in [2.24, 2.45) is 0 Å². The molecule has 0 aliphatic heterocycles. The van der Waals surface area contributed by atoms with Gasteiger partial charge in [0.25, 0.3) is 5.69 Å². The van der Waals surface area contributed by atoms with Gasteiger partial charge < -0.3 is 9.47 Å². The summed E-state index contributed by atoms with van der Waals surface area (Å²) in [6, 6.07) is 4.54. The Morgan fingerprint density at radius 2 is 1.53 bits per heavy atom. The summed E-state index contributed by atoms with van der Waals surface area (Å²) >= 11 is 0. The second-order valence-electron chi connectivity index (χ2n) is 3.74. The number of ether oxygens (including phenoxy) is 2. The van der Waals surface area contributed by atoms with Gasteiger partial charge in [-0.3, -0.25) is 19.7 Å². The Morgan fingerprint density at radius 1 is 1.11 bits per heavy atom. The zero-order chi connectivity index (χ0) is 14.4. The Morgan fingerprint density at radius 3 is 1.84 bits per heavy atom. The van der Waals surface area contributed by atoms with Crippen LogP contribution < -0.4 is 0 Å². The summed E-state index contributed by atoms with van der Waals surface area (Å²) in [7, 11) is 0. The molecule has 1 rings (SSSR count). The average molecular weight is 267 g/mol. The zero-order valence-electron chi connectivity index (χ0n) is 10.5. The van der Waals surface area contributed by atoms with Gasteiger partial charge in [-0.1, -0.05) is 6.07 Å². The fourth-order valence-electron chi connectivity index (χ4n) is 1.47. The maximum Gasteiger partial charge on any atom is 0.302 e. The summed E-state index contributed by atoms with van der Waals surface area (Å²) in [5, 5.41) is 11.1. The van der Waals surface area contributed by atoms with Gasteiger partial charge in [-0.15, -0.1) is 0 Å².